The van der Waals surface area contributed by atoms with Crippen molar-refractivity contribution < 1.29 is 9.18 Å². The number of Topliss-reactive ketones (excluding diaryl/α,β-unsaturated/α-hetero) is 1. The Bertz CT molecular complexity index is 830. The summed E-state index contributed by atoms with van der Waals surface area (Å²) in [5.74, 6) is -0.732. The fraction of sp³-hybridized carbons (Fsp3) is 0.125. The van der Waals surface area contributed by atoms with Gasteiger partial charge in [0, 0.05) is 20.0 Å². The van der Waals surface area contributed by atoms with Gasteiger partial charge in [-0.05, 0) is 50.2 Å². The molecule has 0 unspecified atom stereocenters. The Balaban J connectivity index is 0.000000160. The van der Waals surface area contributed by atoms with Gasteiger partial charge in [0.05, 0.1) is 11.1 Å². The number of benzene rings is 2. The molecule has 1 aromatic heterocycles. The summed E-state index contributed by atoms with van der Waals surface area (Å²) in [6.07, 6.45) is 0. The standard InChI is InChI=1S/C8H6BrFO.C8H7BrN2/c1-5(11)7-4-6(9)2-3-8(7)10;1-5-7-4-6(9)2-3-8(7)11-10-5/h2-4H,1H3;2-4H,1H3,(H,10,11). The highest BCUT2D eigenvalue weighted by molar-refractivity contribution is 9.10. The Morgan fingerprint density at radius 3 is 2.41 bits per heavy atom. The van der Waals surface area contributed by atoms with Gasteiger partial charge in [-0.15, -0.1) is 0 Å². The predicted molar refractivity (Wildman–Crippen MR) is 92.6 cm³/mol. The number of hydrogen-bond acceptors (Lipinski definition) is 2. The minimum Gasteiger partial charge on any atom is -0.294 e. The van der Waals surface area contributed by atoms with E-state index in [4.69, 9.17) is 0 Å². The van der Waals surface area contributed by atoms with Crippen LogP contribution in [0, 0.1) is 12.7 Å². The van der Waals surface area contributed by atoms with E-state index in [1.807, 2.05) is 19.1 Å². The first-order chi connectivity index (χ1) is 10.4. The molecule has 3 nitrogen and oxygen atoms in total. The lowest BCUT2D eigenvalue weighted by molar-refractivity contribution is 0.101. The first-order valence-corrected chi connectivity index (χ1v) is 8.03. The topological polar surface area (TPSA) is 45.8 Å². The van der Waals surface area contributed by atoms with Gasteiger partial charge in [0.1, 0.15) is 5.82 Å². The minimum absolute atomic E-state index is 0.124. The smallest absolute Gasteiger partial charge is 0.162 e. The Kier molecular flexibility index (Phi) is 5.47. The number of aromatic amines is 1. The Morgan fingerprint density at radius 2 is 1.77 bits per heavy atom. The maximum atomic E-state index is 12.8. The molecule has 0 bridgehead atoms. The number of aromatic nitrogens is 2. The molecule has 0 radical (unpaired) electrons. The largest absolute Gasteiger partial charge is 0.294 e. The van der Waals surface area contributed by atoms with Crippen LogP contribution in [0.3, 0.4) is 0 Å². The summed E-state index contributed by atoms with van der Waals surface area (Å²) >= 11 is 6.56. The first-order valence-electron chi connectivity index (χ1n) is 6.44. The summed E-state index contributed by atoms with van der Waals surface area (Å²) in [5, 5.41) is 8.23. The number of carbonyl (C=O) groups is 1. The number of H-pyrrole nitrogens is 1. The van der Waals surface area contributed by atoms with Gasteiger partial charge in [-0.25, -0.2) is 4.39 Å². The molecule has 1 heterocycles. The van der Waals surface area contributed by atoms with Gasteiger partial charge < -0.3 is 0 Å². The van der Waals surface area contributed by atoms with Crippen LogP contribution in [0.1, 0.15) is 23.0 Å². The van der Waals surface area contributed by atoms with Crippen LogP contribution in [0.5, 0.6) is 0 Å². The molecule has 0 aliphatic rings. The maximum absolute atomic E-state index is 12.8. The van der Waals surface area contributed by atoms with E-state index in [0.717, 1.165) is 15.7 Å². The molecule has 2 aromatic carbocycles. The molecule has 0 aliphatic heterocycles. The van der Waals surface area contributed by atoms with E-state index in [0.29, 0.717) is 4.47 Å². The van der Waals surface area contributed by atoms with E-state index < -0.39 is 5.82 Å². The zero-order chi connectivity index (χ0) is 16.3. The third-order valence-electron chi connectivity index (χ3n) is 3.01. The van der Waals surface area contributed by atoms with Gasteiger partial charge in [0.2, 0.25) is 0 Å². The highest BCUT2D eigenvalue weighted by Crippen LogP contribution is 2.20. The molecule has 0 spiro atoms. The molecular formula is C16H13Br2FN2O. The summed E-state index contributed by atoms with van der Waals surface area (Å²) in [5.41, 5.74) is 2.26. The van der Waals surface area contributed by atoms with Crippen LogP contribution in [-0.2, 0) is 0 Å². The number of ketones is 1. The zero-order valence-electron chi connectivity index (χ0n) is 12.0. The lowest BCUT2D eigenvalue weighted by Crippen LogP contribution is -1.95. The molecule has 3 aromatic rings. The number of hydrogen-bond donors (Lipinski definition) is 1. The third kappa shape index (κ3) is 4.01. The number of halogens is 3. The van der Waals surface area contributed by atoms with E-state index in [1.165, 1.54) is 24.4 Å². The summed E-state index contributed by atoms with van der Waals surface area (Å²) in [4.78, 5) is 10.8. The highest BCUT2D eigenvalue weighted by Gasteiger charge is 2.06. The Labute approximate surface area is 144 Å². The lowest BCUT2D eigenvalue weighted by atomic mass is 10.1. The van der Waals surface area contributed by atoms with Crippen molar-refractivity contribution in [3.05, 3.63) is 62.4 Å². The highest BCUT2D eigenvalue weighted by atomic mass is 79.9. The van der Waals surface area contributed by atoms with Gasteiger partial charge >= 0.3 is 0 Å². The van der Waals surface area contributed by atoms with Crippen molar-refractivity contribution in [3.63, 3.8) is 0 Å². The van der Waals surface area contributed by atoms with Gasteiger partial charge in [-0.2, -0.15) is 5.10 Å². The Morgan fingerprint density at radius 1 is 1.14 bits per heavy atom. The van der Waals surface area contributed by atoms with Crippen molar-refractivity contribution in [2.75, 3.05) is 0 Å². The lowest BCUT2D eigenvalue weighted by Gasteiger charge is -1.97. The average Bonchev–Trinajstić information content (AvgIpc) is 2.83. The Hall–Kier alpha value is -1.53. The number of fused-ring (bicyclic) bond motifs is 1. The fourth-order valence-electron chi connectivity index (χ4n) is 1.88. The van der Waals surface area contributed by atoms with Crippen molar-refractivity contribution in [1.82, 2.24) is 10.2 Å². The minimum atomic E-state index is -0.472. The normalized spacial score (nSPS) is 10.2. The monoisotopic (exact) mass is 426 g/mol. The second-order valence-electron chi connectivity index (χ2n) is 4.69. The number of nitrogens with one attached hydrogen (secondary N) is 1. The quantitative estimate of drug-likeness (QED) is 0.526. The average molecular weight is 428 g/mol. The molecule has 114 valence electrons. The molecular weight excluding hydrogens is 415 g/mol. The van der Waals surface area contributed by atoms with Crippen molar-refractivity contribution >= 4 is 48.5 Å². The fourth-order valence-corrected chi connectivity index (χ4v) is 2.60. The number of nitrogens with zero attached hydrogens (tertiary/aromatic N) is 1. The van der Waals surface area contributed by atoms with Crippen molar-refractivity contribution in [2.45, 2.75) is 13.8 Å². The predicted octanol–water partition coefficient (Wildman–Crippen LogP) is 5.42. The summed E-state index contributed by atoms with van der Waals surface area (Å²) < 4.78 is 14.6. The van der Waals surface area contributed by atoms with E-state index in [2.05, 4.69) is 48.1 Å². The SMILES string of the molecule is CC(=O)c1cc(Br)ccc1F.Cc1[nH]nc2ccc(Br)cc12. The second kappa shape index (κ2) is 7.15. The van der Waals surface area contributed by atoms with Gasteiger partial charge in [0.25, 0.3) is 0 Å². The van der Waals surface area contributed by atoms with Crippen LogP contribution in [-0.4, -0.2) is 16.0 Å². The van der Waals surface area contributed by atoms with Crippen LogP contribution in [0.2, 0.25) is 0 Å². The first kappa shape index (κ1) is 16.8. The number of rotatable bonds is 1. The van der Waals surface area contributed by atoms with E-state index in [1.54, 1.807) is 6.07 Å². The van der Waals surface area contributed by atoms with Crippen molar-refractivity contribution in [2.24, 2.45) is 0 Å². The third-order valence-corrected chi connectivity index (χ3v) is 4.00. The number of aryl methyl sites for hydroxylation is 1. The molecule has 0 amide bonds. The van der Waals surface area contributed by atoms with Crippen molar-refractivity contribution in [3.8, 4) is 0 Å². The molecule has 1 N–H and O–H groups in total. The summed E-state index contributed by atoms with van der Waals surface area (Å²) in [6, 6.07) is 10.3. The van der Waals surface area contributed by atoms with Gasteiger partial charge in [-0.3, -0.25) is 9.89 Å². The molecule has 0 fully saturated rings. The summed E-state index contributed by atoms with van der Waals surface area (Å²) in [7, 11) is 0. The zero-order valence-corrected chi connectivity index (χ0v) is 15.1. The second-order valence-corrected chi connectivity index (χ2v) is 6.52. The summed E-state index contributed by atoms with van der Waals surface area (Å²) in [6.45, 7) is 3.35. The molecule has 0 atom stereocenters. The molecule has 0 saturated heterocycles. The van der Waals surface area contributed by atoms with Crippen LogP contribution < -0.4 is 0 Å². The van der Waals surface area contributed by atoms with Gasteiger partial charge in [-0.1, -0.05) is 31.9 Å². The number of carbonyl (C=O) groups excluding carboxylic acids is 1. The van der Waals surface area contributed by atoms with Crippen molar-refractivity contribution in [1.29, 1.82) is 0 Å². The molecule has 0 aliphatic carbocycles. The van der Waals surface area contributed by atoms with Crippen LogP contribution >= 0.6 is 31.9 Å². The van der Waals surface area contributed by atoms with E-state index in [-0.39, 0.29) is 11.3 Å². The molecule has 3 rings (SSSR count). The molecule has 22 heavy (non-hydrogen) atoms. The van der Waals surface area contributed by atoms with Crippen LogP contribution in [0.4, 0.5) is 4.39 Å². The van der Waals surface area contributed by atoms with E-state index in [9.17, 15) is 9.18 Å². The van der Waals surface area contributed by atoms with E-state index >= 15 is 0 Å². The van der Waals surface area contributed by atoms with Gasteiger partial charge in [0.15, 0.2) is 5.78 Å². The molecule has 0 saturated carbocycles. The maximum Gasteiger partial charge on any atom is 0.162 e. The molecule has 6 heteroatoms. The van der Waals surface area contributed by atoms with Crippen LogP contribution in [0.25, 0.3) is 10.9 Å². The van der Waals surface area contributed by atoms with Crippen LogP contribution in [0.15, 0.2) is 45.3 Å².